The van der Waals surface area contributed by atoms with E-state index in [0.29, 0.717) is 60.9 Å². The van der Waals surface area contributed by atoms with Crippen molar-refractivity contribution in [2.45, 2.75) is 70.2 Å². The Morgan fingerprint density at radius 2 is 1.57 bits per heavy atom. The molecule has 1 saturated heterocycles. The molecule has 3 aromatic carbocycles. The van der Waals surface area contributed by atoms with Crippen LogP contribution < -0.4 is 16.4 Å². The van der Waals surface area contributed by atoms with Gasteiger partial charge in [0.15, 0.2) is 11.4 Å². The van der Waals surface area contributed by atoms with Crippen molar-refractivity contribution in [3.63, 3.8) is 0 Å². The van der Waals surface area contributed by atoms with Crippen LogP contribution in [0.5, 0.6) is 0 Å². The van der Waals surface area contributed by atoms with Crippen LogP contribution in [0.25, 0.3) is 0 Å². The summed E-state index contributed by atoms with van der Waals surface area (Å²) in [5.74, 6) is -0.192. The predicted octanol–water partition coefficient (Wildman–Crippen LogP) is 7.04. The van der Waals surface area contributed by atoms with Crippen LogP contribution in [0.1, 0.15) is 67.6 Å². The molecule has 46 heavy (non-hydrogen) atoms. The number of hydrogen-bond acceptors (Lipinski definition) is 7. The number of aliphatic hydroxyl groups is 1. The molecule has 12 heteroatoms. The van der Waals surface area contributed by atoms with Crippen molar-refractivity contribution in [2.24, 2.45) is 0 Å². The second kappa shape index (κ2) is 16.1. The van der Waals surface area contributed by atoms with Gasteiger partial charge in [0, 0.05) is 30.5 Å². The summed E-state index contributed by atoms with van der Waals surface area (Å²) < 4.78 is 14.5. The standard InChI is InChI=1S/C34H37Cl2N5O5/c35-32-33(36)41(21-38-32)19-26-18-29(23-12-10-22(20-42)11-13-23)46-34(45-26)24-14-16-25(17-15-24)39-30(43)8-2-1-3-9-31(44)40-28-7-5-4-6-27(28)37/h4-7,10-17,21,26,29,34,42H,1-3,8-9,18-20,37H2,(H,39,43)(H,40,44). The van der Waals surface area contributed by atoms with Gasteiger partial charge in [0.05, 0.1) is 43.1 Å². The number of carbonyl (C=O) groups excluding carboxylic acids is 2. The molecular weight excluding hydrogens is 629 g/mol. The van der Waals surface area contributed by atoms with Gasteiger partial charge in [-0.2, -0.15) is 0 Å². The monoisotopic (exact) mass is 665 g/mol. The summed E-state index contributed by atoms with van der Waals surface area (Å²) in [4.78, 5) is 28.8. The number of unbranched alkanes of at least 4 members (excludes halogenated alkanes) is 2. The first-order valence-electron chi connectivity index (χ1n) is 15.2. The summed E-state index contributed by atoms with van der Waals surface area (Å²) in [6.07, 6.45) is 3.77. The number of nitrogens with one attached hydrogen (secondary N) is 2. The van der Waals surface area contributed by atoms with E-state index in [1.165, 1.54) is 0 Å². The molecule has 3 unspecified atom stereocenters. The number of nitrogens with zero attached hydrogens (tertiary/aromatic N) is 2. The van der Waals surface area contributed by atoms with Crippen molar-refractivity contribution in [1.29, 1.82) is 0 Å². The molecule has 4 aromatic rings. The number of aliphatic hydroxyl groups excluding tert-OH is 1. The molecule has 5 N–H and O–H groups in total. The fraction of sp³-hybridized carbons (Fsp3) is 0.324. The highest BCUT2D eigenvalue weighted by atomic mass is 35.5. The highest BCUT2D eigenvalue weighted by molar-refractivity contribution is 6.40. The second-order valence-electron chi connectivity index (χ2n) is 11.2. The smallest absolute Gasteiger partial charge is 0.224 e. The Balaban J connectivity index is 1.12. The number of para-hydroxylation sites is 2. The van der Waals surface area contributed by atoms with Gasteiger partial charge in [0.25, 0.3) is 0 Å². The fourth-order valence-corrected chi connectivity index (χ4v) is 5.55. The Hall–Kier alpha value is -3.93. The van der Waals surface area contributed by atoms with Crippen molar-refractivity contribution in [1.82, 2.24) is 9.55 Å². The van der Waals surface area contributed by atoms with E-state index in [-0.39, 0.29) is 35.8 Å². The first kappa shape index (κ1) is 33.4. The second-order valence-corrected chi connectivity index (χ2v) is 11.9. The van der Waals surface area contributed by atoms with Gasteiger partial charge in [-0.05, 0) is 48.2 Å². The first-order valence-corrected chi connectivity index (χ1v) is 16.0. The summed E-state index contributed by atoms with van der Waals surface area (Å²) >= 11 is 12.4. The number of nitrogens with two attached hydrogens (primary N) is 1. The summed E-state index contributed by atoms with van der Waals surface area (Å²) in [6.45, 7) is 0.400. The molecule has 2 amide bonds. The number of nitrogen functional groups attached to an aromatic ring is 1. The number of ether oxygens (including phenoxy) is 2. The molecule has 0 bridgehead atoms. The zero-order valence-electron chi connectivity index (χ0n) is 25.2. The van der Waals surface area contributed by atoms with Crippen LogP contribution in [0.15, 0.2) is 79.1 Å². The summed E-state index contributed by atoms with van der Waals surface area (Å²) in [5.41, 5.74) is 10.3. The molecule has 1 aromatic heterocycles. The topological polar surface area (TPSA) is 141 Å². The van der Waals surface area contributed by atoms with E-state index >= 15 is 0 Å². The number of rotatable bonds is 13. The van der Waals surface area contributed by atoms with E-state index in [1.54, 1.807) is 23.0 Å². The predicted molar refractivity (Wildman–Crippen MR) is 178 cm³/mol. The summed E-state index contributed by atoms with van der Waals surface area (Å²) in [6, 6.07) is 22.2. The lowest BCUT2D eigenvalue weighted by atomic mass is 10.00. The van der Waals surface area contributed by atoms with E-state index in [4.69, 9.17) is 38.4 Å². The summed E-state index contributed by atoms with van der Waals surface area (Å²) in [5, 5.41) is 15.8. The molecule has 1 fully saturated rings. The van der Waals surface area contributed by atoms with Gasteiger partial charge in [-0.25, -0.2) is 4.98 Å². The number of aromatic nitrogens is 2. The van der Waals surface area contributed by atoms with Crippen LogP contribution in [0.3, 0.4) is 0 Å². The zero-order chi connectivity index (χ0) is 32.5. The maximum absolute atomic E-state index is 12.6. The van der Waals surface area contributed by atoms with Gasteiger partial charge in [-0.1, -0.05) is 78.2 Å². The lowest BCUT2D eigenvalue weighted by Crippen LogP contribution is -2.32. The quantitative estimate of drug-likeness (QED) is 0.0887. The molecule has 10 nitrogen and oxygen atoms in total. The Labute approximate surface area is 277 Å². The maximum atomic E-state index is 12.6. The van der Waals surface area contributed by atoms with Gasteiger partial charge in [0.1, 0.15) is 5.15 Å². The largest absolute Gasteiger partial charge is 0.397 e. The molecular formula is C34H37Cl2N5O5. The lowest BCUT2D eigenvalue weighted by Gasteiger charge is -2.36. The van der Waals surface area contributed by atoms with E-state index in [9.17, 15) is 14.7 Å². The molecule has 5 rings (SSSR count). The van der Waals surface area contributed by atoms with Crippen LogP contribution in [0.4, 0.5) is 17.1 Å². The highest BCUT2D eigenvalue weighted by Gasteiger charge is 2.33. The number of carbonyl (C=O) groups is 2. The lowest BCUT2D eigenvalue weighted by molar-refractivity contribution is -0.252. The van der Waals surface area contributed by atoms with E-state index in [0.717, 1.165) is 23.1 Å². The van der Waals surface area contributed by atoms with Crippen molar-refractivity contribution < 1.29 is 24.2 Å². The number of amides is 2. The minimum Gasteiger partial charge on any atom is -0.397 e. The van der Waals surface area contributed by atoms with Crippen LogP contribution in [0.2, 0.25) is 10.3 Å². The fourth-order valence-electron chi connectivity index (χ4n) is 5.24. The van der Waals surface area contributed by atoms with Gasteiger partial charge in [-0.15, -0.1) is 0 Å². The zero-order valence-corrected chi connectivity index (χ0v) is 26.7. The molecule has 1 aliphatic heterocycles. The first-order chi connectivity index (χ1) is 22.3. The number of halogens is 2. The number of benzene rings is 3. The molecule has 0 saturated carbocycles. The average Bonchev–Trinajstić information content (AvgIpc) is 3.38. The van der Waals surface area contributed by atoms with E-state index in [1.807, 2.05) is 60.7 Å². The van der Waals surface area contributed by atoms with Crippen molar-refractivity contribution in [2.75, 3.05) is 16.4 Å². The van der Waals surface area contributed by atoms with Gasteiger partial charge >= 0.3 is 0 Å². The molecule has 0 aliphatic carbocycles. The van der Waals surface area contributed by atoms with E-state index in [2.05, 4.69) is 15.6 Å². The third kappa shape index (κ3) is 9.08. The Kier molecular flexibility index (Phi) is 11.7. The molecule has 3 atom stereocenters. The Bertz CT molecular complexity index is 1610. The Morgan fingerprint density at radius 1 is 0.891 bits per heavy atom. The Morgan fingerprint density at radius 3 is 2.22 bits per heavy atom. The normalized spacial score (nSPS) is 17.8. The van der Waals surface area contributed by atoms with Crippen LogP contribution in [-0.2, 0) is 32.2 Å². The summed E-state index contributed by atoms with van der Waals surface area (Å²) in [7, 11) is 0. The minimum absolute atomic E-state index is 0.0346. The SMILES string of the molecule is Nc1ccccc1NC(=O)CCCCCC(=O)Nc1ccc(C2OC(Cn3cnc(Cl)c3Cl)CC(c3ccc(CO)cc3)O2)cc1. The maximum Gasteiger partial charge on any atom is 0.224 e. The van der Waals surface area contributed by atoms with Crippen LogP contribution in [0, 0.1) is 0 Å². The van der Waals surface area contributed by atoms with Crippen LogP contribution in [-0.4, -0.2) is 32.6 Å². The van der Waals surface area contributed by atoms with Crippen LogP contribution >= 0.6 is 23.2 Å². The minimum atomic E-state index is -0.667. The molecule has 1 aliphatic rings. The average molecular weight is 667 g/mol. The van der Waals surface area contributed by atoms with Crippen molar-refractivity contribution in [3.8, 4) is 0 Å². The van der Waals surface area contributed by atoms with E-state index < -0.39 is 6.29 Å². The third-order valence-corrected chi connectivity index (χ3v) is 8.53. The molecule has 2 heterocycles. The van der Waals surface area contributed by atoms with Gasteiger partial charge in [-0.3, -0.25) is 9.59 Å². The van der Waals surface area contributed by atoms with Gasteiger partial charge in [0.2, 0.25) is 11.8 Å². The molecule has 242 valence electrons. The third-order valence-electron chi connectivity index (χ3n) is 7.76. The van der Waals surface area contributed by atoms with Gasteiger partial charge < -0.3 is 35.5 Å². The number of imidazole rings is 1. The molecule has 0 spiro atoms. The number of hydrogen-bond donors (Lipinski definition) is 4. The molecule has 0 radical (unpaired) electrons. The number of anilines is 3. The van der Waals surface area contributed by atoms with Crippen molar-refractivity contribution >= 4 is 52.1 Å². The van der Waals surface area contributed by atoms with Crippen molar-refractivity contribution in [3.05, 3.63) is 106 Å². The highest BCUT2D eigenvalue weighted by Crippen LogP contribution is 2.39.